The van der Waals surface area contributed by atoms with Crippen molar-refractivity contribution in [2.45, 2.75) is 24.2 Å². The summed E-state index contributed by atoms with van der Waals surface area (Å²) in [6, 6.07) is 7.99. The largest absolute Gasteiger partial charge is 0.469 e. The molecule has 0 fully saturated rings. The molecule has 0 spiro atoms. The lowest BCUT2D eigenvalue weighted by Gasteiger charge is -2.10. The zero-order valence-electron chi connectivity index (χ0n) is 14.2. The molecule has 146 valence electrons. The van der Waals surface area contributed by atoms with Crippen LogP contribution in [-0.4, -0.2) is 37.3 Å². The van der Waals surface area contributed by atoms with Crippen molar-refractivity contribution in [1.29, 1.82) is 0 Å². The zero-order valence-corrected chi connectivity index (χ0v) is 15.9. The fraction of sp³-hybridized carbons (Fsp3) is 0.312. The smallest absolute Gasteiger partial charge is 0.321 e. The molecule has 2 aromatic carbocycles. The number of hydrogen-bond acceptors (Lipinski definition) is 5. The quantitative estimate of drug-likeness (QED) is 0.363. The SMILES string of the molecule is O=C1Nc2ccc(S(=O)(=O)NCCCCCOP(=O)(O)O)c3cccc1c23. The van der Waals surface area contributed by atoms with Crippen molar-refractivity contribution in [2.24, 2.45) is 0 Å². The molecule has 9 nitrogen and oxygen atoms in total. The standard InChI is InChI=1S/C16H19N2O7PS/c19-16-12-6-4-5-11-14(8-7-13(18-16)15(11)12)27(23,24)17-9-2-1-3-10-25-26(20,21)22/h4-8,17H,1-3,9-10H2,(H,18,19)(H2,20,21,22). The van der Waals surface area contributed by atoms with Crippen molar-refractivity contribution in [3.8, 4) is 0 Å². The molecule has 0 radical (unpaired) electrons. The van der Waals surface area contributed by atoms with Gasteiger partial charge in [-0.1, -0.05) is 12.1 Å². The van der Waals surface area contributed by atoms with Crippen LogP contribution in [0.5, 0.6) is 0 Å². The van der Waals surface area contributed by atoms with Crippen LogP contribution in [-0.2, 0) is 19.1 Å². The summed E-state index contributed by atoms with van der Waals surface area (Å²) < 4.78 is 42.7. The summed E-state index contributed by atoms with van der Waals surface area (Å²) in [5.41, 5.74) is 1.04. The summed E-state index contributed by atoms with van der Waals surface area (Å²) in [5, 5.41) is 3.79. The van der Waals surface area contributed by atoms with Crippen LogP contribution in [0.25, 0.3) is 10.8 Å². The highest BCUT2D eigenvalue weighted by Crippen LogP contribution is 2.37. The van der Waals surface area contributed by atoms with Gasteiger partial charge in [0.15, 0.2) is 0 Å². The van der Waals surface area contributed by atoms with Crippen LogP contribution in [0.2, 0.25) is 0 Å². The monoisotopic (exact) mass is 414 g/mol. The van der Waals surface area contributed by atoms with E-state index < -0.39 is 17.8 Å². The Morgan fingerprint density at radius 1 is 1.11 bits per heavy atom. The van der Waals surface area contributed by atoms with Crippen molar-refractivity contribution in [3.63, 3.8) is 0 Å². The maximum absolute atomic E-state index is 12.6. The minimum absolute atomic E-state index is 0.0903. The number of phosphoric acid groups is 1. The summed E-state index contributed by atoms with van der Waals surface area (Å²) in [4.78, 5) is 29.2. The molecule has 0 saturated carbocycles. The van der Waals surface area contributed by atoms with E-state index in [1.54, 1.807) is 24.3 Å². The first-order valence-corrected chi connectivity index (χ1v) is 11.3. The first-order valence-electron chi connectivity index (χ1n) is 8.26. The molecule has 1 aliphatic rings. The van der Waals surface area contributed by atoms with Gasteiger partial charge >= 0.3 is 7.82 Å². The molecule has 1 aliphatic heterocycles. The van der Waals surface area contributed by atoms with E-state index in [-0.39, 0.29) is 24.0 Å². The number of amides is 1. The number of hydrogen-bond donors (Lipinski definition) is 4. The van der Waals surface area contributed by atoms with Crippen molar-refractivity contribution < 1.29 is 32.1 Å². The minimum atomic E-state index is -4.46. The Hall–Kier alpha value is -1.81. The van der Waals surface area contributed by atoms with Crippen LogP contribution in [0.4, 0.5) is 5.69 Å². The minimum Gasteiger partial charge on any atom is -0.321 e. The molecular weight excluding hydrogens is 395 g/mol. The van der Waals surface area contributed by atoms with E-state index in [9.17, 15) is 17.8 Å². The molecule has 0 aliphatic carbocycles. The lowest BCUT2D eigenvalue weighted by molar-refractivity contribution is 0.103. The molecule has 0 atom stereocenters. The van der Waals surface area contributed by atoms with Gasteiger partial charge in [-0.05, 0) is 37.5 Å². The van der Waals surface area contributed by atoms with Gasteiger partial charge in [0.1, 0.15) is 0 Å². The molecule has 0 aromatic heterocycles. The number of benzene rings is 2. The van der Waals surface area contributed by atoms with Gasteiger partial charge in [-0.15, -0.1) is 0 Å². The molecule has 0 saturated heterocycles. The Kier molecular flexibility index (Phi) is 5.66. The predicted molar refractivity (Wildman–Crippen MR) is 98.9 cm³/mol. The van der Waals surface area contributed by atoms with Crippen LogP contribution in [0.3, 0.4) is 0 Å². The molecule has 2 aromatic rings. The Morgan fingerprint density at radius 2 is 1.89 bits per heavy atom. The third-order valence-corrected chi connectivity index (χ3v) is 6.19. The van der Waals surface area contributed by atoms with E-state index in [0.717, 1.165) is 0 Å². The van der Waals surface area contributed by atoms with Gasteiger partial charge in [-0.3, -0.25) is 9.32 Å². The summed E-state index contributed by atoms with van der Waals surface area (Å²) in [7, 11) is -8.23. The second-order valence-electron chi connectivity index (χ2n) is 6.08. The number of unbranched alkanes of at least 4 members (excludes halogenated alkanes) is 2. The maximum atomic E-state index is 12.6. The van der Waals surface area contributed by atoms with Crippen LogP contribution < -0.4 is 10.0 Å². The van der Waals surface area contributed by atoms with Crippen molar-refractivity contribution in [2.75, 3.05) is 18.5 Å². The summed E-state index contributed by atoms with van der Waals surface area (Å²) in [6.07, 6.45) is 1.44. The van der Waals surface area contributed by atoms with Crippen LogP contribution in [0.1, 0.15) is 29.6 Å². The summed E-state index contributed by atoms with van der Waals surface area (Å²) in [6.45, 7) is 0.0886. The van der Waals surface area contributed by atoms with Gasteiger partial charge in [0.2, 0.25) is 10.0 Å². The lowest BCUT2D eigenvalue weighted by Crippen LogP contribution is -2.25. The Morgan fingerprint density at radius 3 is 2.63 bits per heavy atom. The summed E-state index contributed by atoms with van der Waals surface area (Å²) >= 11 is 0. The third-order valence-electron chi connectivity index (χ3n) is 4.16. The molecule has 1 heterocycles. The zero-order chi connectivity index (χ0) is 19.7. The van der Waals surface area contributed by atoms with Gasteiger partial charge in [0.05, 0.1) is 11.5 Å². The first kappa shape index (κ1) is 19.9. The highest BCUT2D eigenvalue weighted by atomic mass is 32.2. The average Bonchev–Trinajstić information content (AvgIpc) is 2.91. The highest BCUT2D eigenvalue weighted by Gasteiger charge is 2.25. The van der Waals surface area contributed by atoms with Gasteiger partial charge in [-0.25, -0.2) is 17.7 Å². The molecule has 1 amide bonds. The third kappa shape index (κ3) is 4.55. The van der Waals surface area contributed by atoms with E-state index in [4.69, 9.17) is 9.79 Å². The normalized spacial score (nSPS) is 13.9. The highest BCUT2D eigenvalue weighted by molar-refractivity contribution is 7.89. The van der Waals surface area contributed by atoms with Gasteiger partial charge < -0.3 is 15.1 Å². The molecule has 27 heavy (non-hydrogen) atoms. The van der Waals surface area contributed by atoms with E-state index >= 15 is 0 Å². The number of sulfonamides is 1. The fourth-order valence-electron chi connectivity index (χ4n) is 2.97. The molecule has 0 bridgehead atoms. The Bertz CT molecular complexity index is 1030. The fourth-order valence-corrected chi connectivity index (χ4v) is 4.61. The molecule has 4 N–H and O–H groups in total. The number of rotatable bonds is 9. The Labute approximate surface area is 156 Å². The topological polar surface area (TPSA) is 142 Å². The van der Waals surface area contributed by atoms with E-state index in [1.165, 1.54) is 6.07 Å². The lowest BCUT2D eigenvalue weighted by atomic mass is 10.1. The van der Waals surface area contributed by atoms with E-state index in [0.29, 0.717) is 41.3 Å². The van der Waals surface area contributed by atoms with Crippen molar-refractivity contribution in [3.05, 3.63) is 35.9 Å². The number of phosphoric ester groups is 1. The Balaban J connectivity index is 1.64. The predicted octanol–water partition coefficient (Wildman–Crippen LogP) is 1.96. The van der Waals surface area contributed by atoms with Crippen LogP contribution in [0.15, 0.2) is 35.2 Å². The number of carbonyl (C=O) groups excluding carboxylic acids is 1. The van der Waals surface area contributed by atoms with Crippen molar-refractivity contribution >= 4 is 40.2 Å². The average molecular weight is 414 g/mol. The number of anilines is 1. The van der Waals surface area contributed by atoms with Crippen LogP contribution in [0, 0.1) is 0 Å². The van der Waals surface area contributed by atoms with Crippen molar-refractivity contribution in [1.82, 2.24) is 4.72 Å². The van der Waals surface area contributed by atoms with E-state index in [2.05, 4.69) is 14.6 Å². The summed E-state index contributed by atoms with van der Waals surface area (Å²) in [5.74, 6) is -0.254. The molecule has 0 unspecified atom stereocenters. The second kappa shape index (κ2) is 7.67. The molecule has 11 heteroatoms. The van der Waals surface area contributed by atoms with Gasteiger partial charge in [0, 0.05) is 28.6 Å². The van der Waals surface area contributed by atoms with Crippen LogP contribution >= 0.6 is 7.82 Å². The molecule has 3 rings (SSSR count). The van der Waals surface area contributed by atoms with Gasteiger partial charge in [-0.2, -0.15) is 0 Å². The van der Waals surface area contributed by atoms with Gasteiger partial charge in [0.25, 0.3) is 5.91 Å². The molecular formula is C16H19N2O7PS. The van der Waals surface area contributed by atoms with E-state index in [1.807, 2.05) is 0 Å². The first-order chi connectivity index (χ1) is 12.7. The second-order valence-corrected chi connectivity index (χ2v) is 9.05. The number of nitrogens with one attached hydrogen (secondary N) is 2. The maximum Gasteiger partial charge on any atom is 0.469 e. The number of carbonyl (C=O) groups is 1.